The molecule has 0 radical (unpaired) electrons. The van der Waals surface area contributed by atoms with E-state index in [4.69, 9.17) is 17.3 Å². The number of aryl methyl sites for hydroxylation is 1. The number of nitrogens with two attached hydrogens (primary N) is 1. The van der Waals surface area contributed by atoms with Crippen molar-refractivity contribution < 1.29 is 4.79 Å². The van der Waals surface area contributed by atoms with Gasteiger partial charge in [-0.3, -0.25) is 9.69 Å². The normalized spacial score (nSPS) is 24.7. The lowest BCUT2D eigenvalue weighted by atomic mass is 9.96. The number of anilines is 1. The topological polar surface area (TPSA) is 84.1 Å². The number of nitrogens with one attached hydrogen (secondary N) is 1. The van der Waals surface area contributed by atoms with Gasteiger partial charge in [0.15, 0.2) is 0 Å². The maximum absolute atomic E-state index is 11.3. The molecule has 0 saturated carbocycles. The lowest BCUT2D eigenvalue weighted by Gasteiger charge is -2.39. The number of halogens is 1. The van der Waals surface area contributed by atoms with E-state index < -0.39 is 5.91 Å². The van der Waals surface area contributed by atoms with Crippen LogP contribution in [0, 0.1) is 6.92 Å². The van der Waals surface area contributed by atoms with Crippen LogP contribution in [-0.2, 0) is 6.54 Å². The quantitative estimate of drug-likeness (QED) is 0.825. The van der Waals surface area contributed by atoms with E-state index in [1.54, 1.807) is 18.3 Å². The highest BCUT2D eigenvalue weighted by Gasteiger charge is 2.40. The van der Waals surface area contributed by atoms with Gasteiger partial charge in [0.25, 0.3) is 0 Å². The molecule has 7 heteroatoms. The number of primary amides is 1. The lowest BCUT2D eigenvalue weighted by molar-refractivity contribution is 0.1000. The van der Waals surface area contributed by atoms with Gasteiger partial charge in [0, 0.05) is 47.1 Å². The number of piperidine rings is 1. The van der Waals surface area contributed by atoms with Gasteiger partial charge in [-0.1, -0.05) is 17.7 Å². The second-order valence-electron chi connectivity index (χ2n) is 7.56. The second kappa shape index (κ2) is 7.44. The van der Waals surface area contributed by atoms with Gasteiger partial charge in [-0.15, -0.1) is 0 Å². The summed E-state index contributed by atoms with van der Waals surface area (Å²) < 4.78 is 0. The third-order valence-electron chi connectivity index (χ3n) is 5.70. The van der Waals surface area contributed by atoms with Crippen molar-refractivity contribution in [3.63, 3.8) is 0 Å². The molecule has 27 heavy (non-hydrogen) atoms. The molecule has 2 saturated heterocycles. The zero-order chi connectivity index (χ0) is 19.0. The Morgan fingerprint density at radius 3 is 2.67 bits per heavy atom. The molecular formula is C20H24ClN5O. The van der Waals surface area contributed by atoms with Crippen LogP contribution in [0.25, 0.3) is 0 Å². The van der Waals surface area contributed by atoms with Gasteiger partial charge in [0.2, 0.25) is 11.9 Å². The summed E-state index contributed by atoms with van der Waals surface area (Å²) in [5, 5.41) is 4.12. The molecule has 1 amide bonds. The average molecular weight is 386 g/mol. The summed E-state index contributed by atoms with van der Waals surface area (Å²) in [6.45, 7) is 2.78. The first-order valence-corrected chi connectivity index (χ1v) is 9.77. The Labute approximate surface area is 164 Å². The zero-order valence-electron chi connectivity index (χ0n) is 15.4. The van der Waals surface area contributed by atoms with Crippen molar-refractivity contribution in [2.24, 2.45) is 5.73 Å². The van der Waals surface area contributed by atoms with E-state index in [1.807, 2.05) is 19.1 Å². The molecule has 2 aliphatic rings. The first kappa shape index (κ1) is 18.2. The highest BCUT2D eigenvalue weighted by Crippen LogP contribution is 2.38. The van der Waals surface area contributed by atoms with Crippen LogP contribution in [0.4, 0.5) is 5.95 Å². The zero-order valence-corrected chi connectivity index (χ0v) is 16.1. The van der Waals surface area contributed by atoms with Gasteiger partial charge in [-0.25, -0.2) is 9.97 Å². The maximum Gasteiger partial charge on any atom is 0.248 e. The average Bonchev–Trinajstić information content (AvgIpc) is 2.85. The van der Waals surface area contributed by atoms with Gasteiger partial charge in [0.1, 0.15) is 0 Å². The van der Waals surface area contributed by atoms with Crippen LogP contribution in [0.2, 0.25) is 5.02 Å². The number of amides is 1. The molecule has 3 heterocycles. The van der Waals surface area contributed by atoms with Gasteiger partial charge in [0.05, 0.1) is 0 Å². The summed E-state index contributed by atoms with van der Waals surface area (Å²) in [6.07, 6.45) is 6.35. The van der Waals surface area contributed by atoms with Crippen LogP contribution in [0.3, 0.4) is 0 Å². The number of carbonyl (C=O) groups is 1. The fourth-order valence-corrected chi connectivity index (χ4v) is 4.62. The van der Waals surface area contributed by atoms with Crippen LogP contribution in [-0.4, -0.2) is 38.9 Å². The molecule has 2 aliphatic heterocycles. The molecule has 1 aromatic heterocycles. The summed E-state index contributed by atoms with van der Waals surface area (Å²) in [5.41, 5.74) is 7.81. The maximum atomic E-state index is 11.3. The van der Waals surface area contributed by atoms with Crippen molar-refractivity contribution in [1.82, 2.24) is 14.9 Å². The van der Waals surface area contributed by atoms with Crippen LogP contribution < -0.4 is 11.1 Å². The molecule has 0 spiro atoms. The second-order valence-corrected chi connectivity index (χ2v) is 7.97. The van der Waals surface area contributed by atoms with E-state index in [0.29, 0.717) is 28.7 Å². The minimum Gasteiger partial charge on any atom is -0.366 e. The van der Waals surface area contributed by atoms with Gasteiger partial charge >= 0.3 is 0 Å². The Bertz CT molecular complexity index is 844. The molecule has 6 nitrogen and oxygen atoms in total. The van der Waals surface area contributed by atoms with Crippen molar-refractivity contribution in [1.29, 1.82) is 0 Å². The third-order valence-corrected chi connectivity index (χ3v) is 6.05. The Hall–Kier alpha value is -2.18. The first-order valence-electron chi connectivity index (χ1n) is 9.40. The molecule has 1 aromatic carbocycles. The minimum atomic E-state index is -0.450. The highest BCUT2D eigenvalue weighted by molar-refractivity contribution is 6.31. The largest absolute Gasteiger partial charge is 0.366 e. The van der Waals surface area contributed by atoms with Crippen LogP contribution in [0.1, 0.15) is 47.3 Å². The molecule has 3 N–H and O–H groups in total. The van der Waals surface area contributed by atoms with E-state index in [2.05, 4.69) is 20.2 Å². The standard InChI is InChI=1S/C20H24ClN5O/c1-12-6-7-23-20(24-12)25-15-9-16-4-5-17(10-15)26(16)11-14-3-2-13(19(22)27)8-18(14)21/h2-3,6-8,15-17H,4-5,9-11H2,1H3,(H2,22,27)(H,23,24,25). The number of benzene rings is 1. The minimum absolute atomic E-state index is 0.397. The predicted octanol–water partition coefficient (Wildman–Crippen LogP) is 3.14. The van der Waals surface area contributed by atoms with E-state index in [1.165, 1.54) is 12.8 Å². The van der Waals surface area contributed by atoms with E-state index in [0.717, 1.165) is 36.6 Å². The van der Waals surface area contributed by atoms with Gasteiger partial charge < -0.3 is 11.1 Å². The highest BCUT2D eigenvalue weighted by atomic mass is 35.5. The predicted molar refractivity (Wildman–Crippen MR) is 106 cm³/mol. The summed E-state index contributed by atoms with van der Waals surface area (Å²) in [7, 11) is 0. The number of hydrogen-bond donors (Lipinski definition) is 2. The van der Waals surface area contributed by atoms with Gasteiger partial charge in [-0.2, -0.15) is 0 Å². The Morgan fingerprint density at radius 2 is 2.04 bits per heavy atom. The Kier molecular flexibility index (Phi) is 5.02. The Morgan fingerprint density at radius 1 is 1.30 bits per heavy atom. The number of rotatable bonds is 5. The van der Waals surface area contributed by atoms with Crippen molar-refractivity contribution >= 4 is 23.5 Å². The molecule has 2 atom stereocenters. The fraction of sp³-hybridized carbons (Fsp3) is 0.450. The number of fused-ring (bicyclic) bond motifs is 2. The molecular weight excluding hydrogens is 362 g/mol. The fourth-order valence-electron chi connectivity index (χ4n) is 4.38. The summed E-state index contributed by atoms with van der Waals surface area (Å²) in [4.78, 5) is 22.7. The smallest absolute Gasteiger partial charge is 0.248 e. The summed E-state index contributed by atoms with van der Waals surface area (Å²) in [5.74, 6) is 0.270. The van der Waals surface area contributed by atoms with Crippen LogP contribution in [0.15, 0.2) is 30.5 Å². The number of hydrogen-bond acceptors (Lipinski definition) is 5. The molecule has 2 aromatic rings. The van der Waals surface area contributed by atoms with Crippen LogP contribution >= 0.6 is 11.6 Å². The number of nitrogens with zero attached hydrogens (tertiary/aromatic N) is 3. The monoisotopic (exact) mass is 385 g/mol. The molecule has 142 valence electrons. The van der Waals surface area contributed by atoms with Crippen LogP contribution in [0.5, 0.6) is 0 Å². The van der Waals surface area contributed by atoms with E-state index in [9.17, 15) is 4.79 Å². The van der Waals surface area contributed by atoms with Gasteiger partial charge in [-0.05, 0) is 56.4 Å². The molecule has 2 fully saturated rings. The van der Waals surface area contributed by atoms with E-state index >= 15 is 0 Å². The number of carbonyl (C=O) groups excluding carboxylic acids is 1. The first-order chi connectivity index (χ1) is 13.0. The van der Waals surface area contributed by atoms with Crippen molar-refractivity contribution in [2.45, 2.75) is 57.3 Å². The summed E-state index contributed by atoms with van der Waals surface area (Å²) >= 11 is 6.40. The van der Waals surface area contributed by atoms with E-state index in [-0.39, 0.29) is 0 Å². The molecule has 0 aliphatic carbocycles. The molecule has 4 rings (SSSR count). The molecule has 2 bridgehead atoms. The SMILES string of the molecule is Cc1ccnc(NC2CC3CCC(C2)N3Cc2ccc(C(N)=O)cc2Cl)n1. The third kappa shape index (κ3) is 3.92. The Balaban J connectivity index is 1.43. The van der Waals surface area contributed by atoms with Crippen molar-refractivity contribution in [3.8, 4) is 0 Å². The van der Waals surface area contributed by atoms with Crippen molar-refractivity contribution in [2.75, 3.05) is 5.32 Å². The summed E-state index contributed by atoms with van der Waals surface area (Å²) in [6, 6.07) is 8.71. The van der Waals surface area contributed by atoms with Crippen molar-refractivity contribution in [3.05, 3.63) is 52.3 Å². The number of aromatic nitrogens is 2. The lowest BCUT2D eigenvalue weighted by Crippen LogP contribution is -2.46. The molecule has 2 unspecified atom stereocenters.